The summed E-state index contributed by atoms with van der Waals surface area (Å²) in [5.74, 6) is 0.0532. The molecule has 3 heterocycles. The molecule has 0 spiro atoms. The Bertz CT molecular complexity index is 1040. The first-order valence-electron chi connectivity index (χ1n) is 9.55. The van der Waals surface area contributed by atoms with Gasteiger partial charge in [0.05, 0.1) is 5.56 Å². The van der Waals surface area contributed by atoms with Crippen molar-refractivity contribution in [3.05, 3.63) is 64.0 Å². The van der Waals surface area contributed by atoms with Gasteiger partial charge in [-0.25, -0.2) is 0 Å². The molecule has 1 unspecified atom stereocenters. The smallest absolute Gasteiger partial charge is 0.256 e. The van der Waals surface area contributed by atoms with Gasteiger partial charge in [0.25, 0.3) is 5.91 Å². The summed E-state index contributed by atoms with van der Waals surface area (Å²) in [6, 6.07) is 15.2. The Balaban J connectivity index is 1.48. The second kappa shape index (κ2) is 6.36. The van der Waals surface area contributed by atoms with Crippen molar-refractivity contribution in [3.63, 3.8) is 0 Å². The van der Waals surface area contributed by atoms with Crippen LogP contribution in [0.5, 0.6) is 0 Å². The van der Waals surface area contributed by atoms with Crippen molar-refractivity contribution in [3.8, 4) is 0 Å². The summed E-state index contributed by atoms with van der Waals surface area (Å²) < 4.78 is 0. The maximum Gasteiger partial charge on any atom is 0.256 e. The second-order valence-corrected chi connectivity index (χ2v) is 8.78. The summed E-state index contributed by atoms with van der Waals surface area (Å²) in [5.41, 5.74) is 3.20. The molecule has 3 aromatic rings. The van der Waals surface area contributed by atoms with E-state index >= 15 is 0 Å². The first-order chi connectivity index (χ1) is 13.1. The van der Waals surface area contributed by atoms with E-state index in [1.54, 1.807) is 11.3 Å². The van der Waals surface area contributed by atoms with E-state index in [-0.39, 0.29) is 12.1 Å². The van der Waals surface area contributed by atoms with E-state index in [4.69, 9.17) is 0 Å². The SMILES string of the molecule is CC(C)N1CCc2c(sc3c2C(=O)NC(c2ccc4ccccc4c2)N3)C1. The van der Waals surface area contributed by atoms with E-state index in [1.165, 1.54) is 21.2 Å². The minimum Gasteiger partial charge on any atom is -0.353 e. The van der Waals surface area contributed by atoms with Crippen molar-refractivity contribution in [2.45, 2.75) is 39.0 Å². The number of benzene rings is 2. The van der Waals surface area contributed by atoms with Gasteiger partial charge in [-0.2, -0.15) is 0 Å². The van der Waals surface area contributed by atoms with Crippen molar-refractivity contribution in [2.75, 3.05) is 11.9 Å². The zero-order chi connectivity index (χ0) is 18.5. The van der Waals surface area contributed by atoms with Crippen LogP contribution in [-0.2, 0) is 13.0 Å². The summed E-state index contributed by atoms with van der Waals surface area (Å²) in [6.45, 7) is 6.44. The molecule has 0 saturated heterocycles. The normalized spacial score (nSPS) is 19.5. The van der Waals surface area contributed by atoms with E-state index in [0.717, 1.165) is 35.6 Å². The Morgan fingerprint density at radius 1 is 1.11 bits per heavy atom. The number of carbonyl (C=O) groups is 1. The highest BCUT2D eigenvalue weighted by Crippen LogP contribution is 2.41. The maximum atomic E-state index is 12.9. The molecule has 2 N–H and O–H groups in total. The van der Waals surface area contributed by atoms with Crippen molar-refractivity contribution in [2.24, 2.45) is 0 Å². The largest absolute Gasteiger partial charge is 0.353 e. The fourth-order valence-electron chi connectivity index (χ4n) is 4.13. The molecule has 0 saturated carbocycles. The average Bonchev–Trinajstić information content (AvgIpc) is 3.05. The van der Waals surface area contributed by atoms with Crippen molar-refractivity contribution in [1.29, 1.82) is 0 Å². The number of hydrogen-bond acceptors (Lipinski definition) is 4. The molecule has 2 aromatic carbocycles. The van der Waals surface area contributed by atoms with E-state index < -0.39 is 0 Å². The van der Waals surface area contributed by atoms with Crippen LogP contribution in [0, 0.1) is 0 Å². The number of thiophene rings is 1. The summed E-state index contributed by atoms with van der Waals surface area (Å²) >= 11 is 1.75. The van der Waals surface area contributed by atoms with E-state index in [0.29, 0.717) is 6.04 Å². The molecular formula is C22H23N3OS. The third-order valence-corrected chi connectivity index (χ3v) is 6.85. The molecule has 5 rings (SSSR count). The maximum absolute atomic E-state index is 12.9. The lowest BCUT2D eigenvalue weighted by Crippen LogP contribution is -2.39. The van der Waals surface area contributed by atoms with Gasteiger partial charge in [-0.3, -0.25) is 9.69 Å². The molecule has 4 nitrogen and oxygen atoms in total. The number of amides is 1. The van der Waals surface area contributed by atoms with Crippen LogP contribution in [0.1, 0.15) is 46.4 Å². The highest BCUT2D eigenvalue weighted by Gasteiger charge is 2.33. The summed E-state index contributed by atoms with van der Waals surface area (Å²) in [7, 11) is 0. The highest BCUT2D eigenvalue weighted by molar-refractivity contribution is 7.16. The van der Waals surface area contributed by atoms with Gasteiger partial charge in [0.2, 0.25) is 0 Å². The molecule has 0 aliphatic carbocycles. The molecule has 0 fully saturated rings. The summed E-state index contributed by atoms with van der Waals surface area (Å²) in [6.07, 6.45) is 0.769. The third-order valence-electron chi connectivity index (χ3n) is 5.70. The Labute approximate surface area is 163 Å². The number of fused-ring (bicyclic) bond motifs is 4. The standard InChI is InChI=1S/C22H23N3OS/c1-13(2)25-10-9-17-18(12-25)27-22-19(17)21(26)23-20(24-22)16-8-7-14-5-3-4-6-15(14)11-16/h3-8,11,13,20,24H,9-10,12H2,1-2H3,(H,23,26). The van der Waals surface area contributed by atoms with Crippen LogP contribution in [0.15, 0.2) is 42.5 Å². The van der Waals surface area contributed by atoms with Crippen LogP contribution >= 0.6 is 11.3 Å². The van der Waals surface area contributed by atoms with Crippen molar-refractivity contribution in [1.82, 2.24) is 10.2 Å². The Kier molecular flexibility index (Phi) is 3.95. The summed E-state index contributed by atoms with van der Waals surface area (Å²) in [4.78, 5) is 16.7. The van der Waals surface area contributed by atoms with Gasteiger partial charge in [-0.1, -0.05) is 36.4 Å². The molecule has 2 aliphatic rings. The van der Waals surface area contributed by atoms with Crippen LogP contribution in [0.2, 0.25) is 0 Å². The highest BCUT2D eigenvalue weighted by atomic mass is 32.1. The summed E-state index contributed by atoms with van der Waals surface area (Å²) in [5, 5.41) is 10.2. The lowest BCUT2D eigenvalue weighted by Gasteiger charge is -2.31. The Hall–Kier alpha value is -2.37. The minimum absolute atomic E-state index is 0.0532. The molecule has 0 radical (unpaired) electrons. The number of nitrogens with zero attached hydrogens (tertiary/aromatic N) is 1. The van der Waals surface area contributed by atoms with Gasteiger partial charge < -0.3 is 10.6 Å². The predicted molar refractivity (Wildman–Crippen MR) is 111 cm³/mol. The van der Waals surface area contributed by atoms with Crippen molar-refractivity contribution < 1.29 is 4.79 Å². The molecule has 138 valence electrons. The number of carbonyl (C=O) groups excluding carboxylic acids is 1. The zero-order valence-corrected chi connectivity index (χ0v) is 16.4. The van der Waals surface area contributed by atoms with Gasteiger partial charge in [-0.15, -0.1) is 11.3 Å². The fourth-order valence-corrected chi connectivity index (χ4v) is 5.43. The topological polar surface area (TPSA) is 44.4 Å². The average molecular weight is 378 g/mol. The monoisotopic (exact) mass is 377 g/mol. The minimum atomic E-state index is -0.184. The van der Waals surface area contributed by atoms with Crippen LogP contribution in [0.3, 0.4) is 0 Å². The van der Waals surface area contributed by atoms with E-state index in [2.05, 4.69) is 59.7 Å². The lowest BCUT2D eigenvalue weighted by molar-refractivity contribution is 0.0934. The second-order valence-electron chi connectivity index (χ2n) is 7.68. The molecule has 1 aromatic heterocycles. The van der Waals surface area contributed by atoms with Crippen LogP contribution < -0.4 is 10.6 Å². The predicted octanol–water partition coefficient (Wildman–Crippen LogP) is 4.52. The first-order valence-corrected chi connectivity index (χ1v) is 10.4. The molecule has 0 bridgehead atoms. The number of anilines is 1. The molecule has 1 amide bonds. The van der Waals surface area contributed by atoms with Crippen LogP contribution in [0.4, 0.5) is 5.00 Å². The lowest BCUT2D eigenvalue weighted by atomic mass is 9.99. The van der Waals surface area contributed by atoms with Gasteiger partial charge in [0.1, 0.15) is 11.2 Å². The fraction of sp³-hybridized carbons (Fsp3) is 0.318. The van der Waals surface area contributed by atoms with Gasteiger partial charge in [0, 0.05) is 24.0 Å². The van der Waals surface area contributed by atoms with Gasteiger partial charge in [-0.05, 0) is 48.2 Å². The zero-order valence-electron chi connectivity index (χ0n) is 15.6. The van der Waals surface area contributed by atoms with E-state index in [1.807, 2.05) is 12.1 Å². The van der Waals surface area contributed by atoms with E-state index in [9.17, 15) is 4.79 Å². The first kappa shape index (κ1) is 16.8. The Morgan fingerprint density at radius 3 is 2.74 bits per heavy atom. The molecule has 1 atom stereocenters. The molecule has 2 aliphatic heterocycles. The Morgan fingerprint density at radius 2 is 1.93 bits per heavy atom. The number of hydrogen-bond donors (Lipinski definition) is 2. The van der Waals surface area contributed by atoms with Crippen LogP contribution in [0.25, 0.3) is 10.8 Å². The number of rotatable bonds is 2. The third kappa shape index (κ3) is 2.82. The molecular weight excluding hydrogens is 354 g/mol. The molecule has 27 heavy (non-hydrogen) atoms. The number of nitrogens with one attached hydrogen (secondary N) is 2. The van der Waals surface area contributed by atoms with Gasteiger partial charge >= 0.3 is 0 Å². The van der Waals surface area contributed by atoms with Crippen molar-refractivity contribution >= 4 is 33.0 Å². The molecule has 5 heteroatoms. The van der Waals surface area contributed by atoms with Gasteiger partial charge in [0.15, 0.2) is 0 Å². The van der Waals surface area contributed by atoms with Crippen LogP contribution in [-0.4, -0.2) is 23.4 Å². The quantitative estimate of drug-likeness (QED) is 0.690.